The van der Waals surface area contributed by atoms with Gasteiger partial charge >= 0.3 is 0 Å². The molecule has 0 amide bonds. The highest BCUT2D eigenvalue weighted by Gasteiger charge is 2.01. The smallest absolute Gasteiger partial charge is 0.128 e. The maximum atomic E-state index is 9.77. The molecule has 0 heterocycles. The highest BCUT2D eigenvalue weighted by molar-refractivity contribution is 6.33. The molecule has 0 atom stereocenters. The fraction of sp³-hybridized carbons (Fsp3) is 0.0714. The third kappa shape index (κ3) is 2.81. The summed E-state index contributed by atoms with van der Waals surface area (Å²) in [5.41, 5.74) is 1.27. The lowest BCUT2D eigenvalue weighted by Gasteiger charge is -2.03. The van der Waals surface area contributed by atoms with Crippen molar-refractivity contribution in [2.75, 3.05) is 7.11 Å². The van der Waals surface area contributed by atoms with Crippen LogP contribution in [0.25, 0.3) is 0 Å². The molecule has 1 N–H and O–H groups in total. The number of benzene rings is 2. The highest BCUT2D eigenvalue weighted by Crippen LogP contribution is 2.25. The molecule has 0 aliphatic carbocycles. The molecule has 0 spiro atoms. The number of aromatic hydroxyl groups is 1. The molecule has 18 heavy (non-hydrogen) atoms. The standard InChI is InChI=1S/C14H12ClNO2/c1-18-11-7-6-10(14(17)8-11)9-16-13-5-3-2-4-12(13)15/h2-9,17H,1H3. The second-order valence-electron chi connectivity index (χ2n) is 3.63. The van der Waals surface area contributed by atoms with Crippen molar-refractivity contribution < 1.29 is 9.84 Å². The molecule has 2 rings (SSSR count). The third-order valence-corrected chi connectivity index (χ3v) is 2.75. The van der Waals surface area contributed by atoms with Crippen LogP contribution in [0.3, 0.4) is 0 Å². The van der Waals surface area contributed by atoms with E-state index in [9.17, 15) is 5.11 Å². The number of nitrogens with zero attached hydrogens (tertiary/aromatic N) is 1. The number of halogens is 1. The predicted molar refractivity (Wildman–Crippen MR) is 73.4 cm³/mol. The molecule has 0 aliphatic heterocycles. The first kappa shape index (κ1) is 12.5. The second-order valence-corrected chi connectivity index (χ2v) is 4.04. The van der Waals surface area contributed by atoms with Gasteiger partial charge in [-0.2, -0.15) is 0 Å². The van der Waals surface area contributed by atoms with Gasteiger partial charge in [0.15, 0.2) is 0 Å². The van der Waals surface area contributed by atoms with E-state index in [0.717, 1.165) is 0 Å². The summed E-state index contributed by atoms with van der Waals surface area (Å²) < 4.78 is 5.01. The molecule has 0 bridgehead atoms. The molecule has 4 heteroatoms. The molecule has 0 radical (unpaired) electrons. The number of methoxy groups -OCH3 is 1. The molecular weight excluding hydrogens is 250 g/mol. The van der Waals surface area contributed by atoms with E-state index in [4.69, 9.17) is 16.3 Å². The van der Waals surface area contributed by atoms with E-state index in [1.165, 1.54) is 6.07 Å². The molecule has 0 saturated heterocycles. The lowest BCUT2D eigenvalue weighted by atomic mass is 10.2. The van der Waals surface area contributed by atoms with Gasteiger partial charge in [-0.05, 0) is 24.3 Å². The van der Waals surface area contributed by atoms with Crippen LogP contribution in [-0.2, 0) is 0 Å². The van der Waals surface area contributed by atoms with Gasteiger partial charge in [-0.3, -0.25) is 4.99 Å². The minimum absolute atomic E-state index is 0.116. The summed E-state index contributed by atoms with van der Waals surface area (Å²) in [6.07, 6.45) is 1.57. The maximum Gasteiger partial charge on any atom is 0.128 e. The predicted octanol–water partition coefficient (Wildman–Crippen LogP) is 3.80. The van der Waals surface area contributed by atoms with Crippen LogP contribution in [0.2, 0.25) is 5.02 Å². The lowest BCUT2D eigenvalue weighted by Crippen LogP contribution is -1.86. The van der Waals surface area contributed by atoms with Crippen molar-refractivity contribution in [1.29, 1.82) is 0 Å². The summed E-state index contributed by atoms with van der Waals surface area (Å²) >= 11 is 5.98. The Morgan fingerprint density at radius 2 is 2.00 bits per heavy atom. The van der Waals surface area contributed by atoms with E-state index < -0.39 is 0 Å². The fourth-order valence-corrected chi connectivity index (χ4v) is 1.64. The maximum absolute atomic E-state index is 9.77. The minimum Gasteiger partial charge on any atom is -0.507 e. The Morgan fingerprint density at radius 1 is 1.22 bits per heavy atom. The zero-order valence-corrected chi connectivity index (χ0v) is 10.6. The number of ether oxygens (including phenoxy) is 1. The Morgan fingerprint density at radius 3 is 2.67 bits per heavy atom. The number of aliphatic imine (C=N–C) groups is 1. The first-order chi connectivity index (χ1) is 8.70. The van der Waals surface area contributed by atoms with Crippen LogP contribution in [0.5, 0.6) is 11.5 Å². The monoisotopic (exact) mass is 261 g/mol. The zero-order valence-electron chi connectivity index (χ0n) is 9.80. The van der Waals surface area contributed by atoms with E-state index in [1.807, 2.05) is 12.1 Å². The molecule has 0 fully saturated rings. The van der Waals surface area contributed by atoms with Crippen molar-refractivity contribution in [3.8, 4) is 11.5 Å². The summed E-state index contributed by atoms with van der Waals surface area (Å²) in [4.78, 5) is 4.23. The number of hydrogen-bond acceptors (Lipinski definition) is 3. The zero-order chi connectivity index (χ0) is 13.0. The van der Waals surface area contributed by atoms with Gasteiger partial charge in [-0.1, -0.05) is 23.7 Å². The number of rotatable bonds is 3. The molecule has 0 unspecified atom stereocenters. The third-order valence-electron chi connectivity index (χ3n) is 2.43. The van der Waals surface area contributed by atoms with Gasteiger partial charge in [0.05, 0.1) is 17.8 Å². The van der Waals surface area contributed by atoms with Crippen LogP contribution in [0, 0.1) is 0 Å². The van der Waals surface area contributed by atoms with Gasteiger partial charge in [0.1, 0.15) is 11.5 Å². The van der Waals surface area contributed by atoms with Crippen molar-refractivity contribution in [1.82, 2.24) is 0 Å². The van der Waals surface area contributed by atoms with Crippen molar-refractivity contribution in [3.05, 3.63) is 53.1 Å². The van der Waals surface area contributed by atoms with Crippen molar-refractivity contribution in [2.24, 2.45) is 4.99 Å². The summed E-state index contributed by atoms with van der Waals surface area (Å²) in [5, 5.41) is 10.3. The van der Waals surface area contributed by atoms with Gasteiger partial charge in [-0.25, -0.2) is 0 Å². The van der Waals surface area contributed by atoms with Crippen molar-refractivity contribution >= 4 is 23.5 Å². The van der Waals surface area contributed by atoms with Crippen molar-refractivity contribution in [3.63, 3.8) is 0 Å². The second kappa shape index (κ2) is 5.56. The molecule has 3 nitrogen and oxygen atoms in total. The first-order valence-corrected chi connectivity index (χ1v) is 5.74. The molecule has 0 aromatic heterocycles. The summed E-state index contributed by atoms with van der Waals surface area (Å²) in [5.74, 6) is 0.715. The van der Waals surface area contributed by atoms with Crippen LogP contribution in [-0.4, -0.2) is 18.4 Å². The van der Waals surface area contributed by atoms with Gasteiger partial charge in [0, 0.05) is 17.8 Å². The SMILES string of the molecule is COc1ccc(C=Nc2ccccc2Cl)c(O)c1. The normalized spacial score (nSPS) is 10.8. The number of phenolic OH excluding ortho intramolecular Hbond substituents is 1. The minimum atomic E-state index is 0.116. The van der Waals surface area contributed by atoms with E-state index in [0.29, 0.717) is 22.0 Å². The Labute approximate surface area is 110 Å². The first-order valence-electron chi connectivity index (χ1n) is 5.36. The van der Waals surface area contributed by atoms with Gasteiger partial charge in [-0.15, -0.1) is 0 Å². The van der Waals surface area contributed by atoms with Gasteiger partial charge < -0.3 is 9.84 Å². The Hall–Kier alpha value is -2.00. The molecule has 2 aromatic carbocycles. The molecule has 0 saturated carbocycles. The number of phenols is 1. The molecular formula is C14H12ClNO2. The van der Waals surface area contributed by atoms with E-state index in [-0.39, 0.29) is 5.75 Å². The highest BCUT2D eigenvalue weighted by atomic mass is 35.5. The Kier molecular flexibility index (Phi) is 3.85. The van der Waals surface area contributed by atoms with Crippen molar-refractivity contribution in [2.45, 2.75) is 0 Å². The quantitative estimate of drug-likeness (QED) is 0.854. The van der Waals surface area contributed by atoms with Gasteiger partial charge in [0.2, 0.25) is 0 Å². The number of para-hydroxylation sites is 1. The molecule has 0 aliphatic rings. The Bertz CT molecular complexity index is 582. The van der Waals surface area contributed by atoms with E-state index in [2.05, 4.69) is 4.99 Å². The fourth-order valence-electron chi connectivity index (χ4n) is 1.46. The van der Waals surface area contributed by atoms with Crippen LogP contribution in [0.1, 0.15) is 5.56 Å². The number of hydrogen-bond donors (Lipinski definition) is 1. The topological polar surface area (TPSA) is 41.8 Å². The van der Waals surface area contributed by atoms with Crippen LogP contribution >= 0.6 is 11.6 Å². The van der Waals surface area contributed by atoms with E-state index in [1.54, 1.807) is 37.6 Å². The largest absolute Gasteiger partial charge is 0.507 e. The Balaban J connectivity index is 2.27. The summed E-state index contributed by atoms with van der Waals surface area (Å²) in [6, 6.07) is 12.3. The van der Waals surface area contributed by atoms with Crippen LogP contribution in [0.15, 0.2) is 47.5 Å². The molecule has 2 aromatic rings. The van der Waals surface area contributed by atoms with Crippen LogP contribution < -0.4 is 4.74 Å². The average molecular weight is 262 g/mol. The van der Waals surface area contributed by atoms with Gasteiger partial charge in [0.25, 0.3) is 0 Å². The summed E-state index contributed by atoms with van der Waals surface area (Å²) in [6.45, 7) is 0. The molecule has 92 valence electrons. The lowest BCUT2D eigenvalue weighted by molar-refractivity contribution is 0.407. The van der Waals surface area contributed by atoms with Crippen LogP contribution in [0.4, 0.5) is 5.69 Å². The van der Waals surface area contributed by atoms with E-state index >= 15 is 0 Å². The summed E-state index contributed by atoms with van der Waals surface area (Å²) in [7, 11) is 1.55. The average Bonchev–Trinajstić information content (AvgIpc) is 2.39.